The van der Waals surface area contributed by atoms with E-state index in [1.54, 1.807) is 30.0 Å². The highest BCUT2D eigenvalue weighted by molar-refractivity contribution is 7.99. The molecule has 6 heteroatoms. The van der Waals surface area contributed by atoms with Crippen LogP contribution in [0.4, 0.5) is 5.69 Å². The van der Waals surface area contributed by atoms with E-state index in [1.807, 2.05) is 11.9 Å². The lowest BCUT2D eigenvalue weighted by molar-refractivity contribution is -0.117. The lowest BCUT2D eigenvalue weighted by Gasteiger charge is -2.17. The van der Waals surface area contributed by atoms with Gasteiger partial charge in [-0.2, -0.15) is 0 Å². The van der Waals surface area contributed by atoms with Crippen LogP contribution < -0.4 is 5.32 Å². The van der Waals surface area contributed by atoms with Crippen LogP contribution in [0.2, 0.25) is 10.0 Å². The fraction of sp³-hybridized carbons (Fsp3) is 0.316. The van der Waals surface area contributed by atoms with Gasteiger partial charge in [0.2, 0.25) is 5.91 Å². The number of thioether (sulfide) groups is 1. The molecule has 0 heterocycles. The van der Waals surface area contributed by atoms with Crippen LogP contribution in [0.15, 0.2) is 41.3 Å². The van der Waals surface area contributed by atoms with E-state index in [-0.39, 0.29) is 12.5 Å². The van der Waals surface area contributed by atoms with E-state index < -0.39 is 0 Å². The monoisotopic (exact) mass is 396 g/mol. The molecule has 2 aromatic rings. The van der Waals surface area contributed by atoms with Gasteiger partial charge in [-0.25, -0.2) is 0 Å². The highest BCUT2D eigenvalue weighted by Gasteiger charge is 2.11. The van der Waals surface area contributed by atoms with E-state index in [4.69, 9.17) is 23.2 Å². The summed E-state index contributed by atoms with van der Waals surface area (Å²) in [5.74, 6) is 0.785. The molecule has 0 atom stereocenters. The first kappa shape index (κ1) is 20.1. The van der Waals surface area contributed by atoms with Crippen molar-refractivity contribution in [3.63, 3.8) is 0 Å². The highest BCUT2D eigenvalue weighted by Crippen LogP contribution is 2.29. The van der Waals surface area contributed by atoms with Gasteiger partial charge in [-0.05, 0) is 56.3 Å². The molecule has 0 saturated heterocycles. The molecule has 0 aliphatic carbocycles. The second-order valence-electron chi connectivity index (χ2n) is 5.98. The number of benzene rings is 2. The van der Waals surface area contributed by atoms with Crippen molar-refractivity contribution in [2.45, 2.75) is 18.7 Å². The number of carbonyl (C=O) groups is 1. The largest absolute Gasteiger partial charge is 0.322 e. The summed E-state index contributed by atoms with van der Waals surface area (Å²) in [7, 11) is 1.93. The number of halogens is 2. The third kappa shape index (κ3) is 6.23. The van der Waals surface area contributed by atoms with Gasteiger partial charge in [-0.1, -0.05) is 35.3 Å². The molecular weight excluding hydrogens is 375 g/mol. The van der Waals surface area contributed by atoms with E-state index in [0.29, 0.717) is 15.7 Å². The number of para-hydroxylation sites is 1. The zero-order chi connectivity index (χ0) is 18.4. The predicted molar refractivity (Wildman–Crippen MR) is 109 cm³/mol. The van der Waals surface area contributed by atoms with Crippen molar-refractivity contribution in [1.82, 2.24) is 4.90 Å². The van der Waals surface area contributed by atoms with E-state index >= 15 is 0 Å². The van der Waals surface area contributed by atoms with E-state index in [1.165, 1.54) is 16.0 Å². The number of aryl methyl sites for hydroxylation is 2. The van der Waals surface area contributed by atoms with Crippen molar-refractivity contribution >= 4 is 46.6 Å². The zero-order valence-corrected chi connectivity index (χ0v) is 16.9. The Bertz CT molecular complexity index is 732. The Morgan fingerprint density at radius 2 is 1.80 bits per heavy atom. The van der Waals surface area contributed by atoms with Gasteiger partial charge in [-0.15, -0.1) is 11.8 Å². The van der Waals surface area contributed by atoms with Crippen molar-refractivity contribution in [1.29, 1.82) is 0 Å². The fourth-order valence-electron chi connectivity index (χ4n) is 2.24. The first-order chi connectivity index (χ1) is 11.9. The molecule has 0 spiro atoms. The van der Waals surface area contributed by atoms with Gasteiger partial charge in [-0.3, -0.25) is 9.69 Å². The molecule has 0 saturated carbocycles. The molecule has 0 aliphatic heterocycles. The molecule has 134 valence electrons. The summed E-state index contributed by atoms with van der Waals surface area (Å²) >= 11 is 13.9. The van der Waals surface area contributed by atoms with E-state index in [2.05, 4.69) is 37.4 Å². The second kappa shape index (κ2) is 9.48. The minimum atomic E-state index is -0.131. The third-order valence-corrected chi connectivity index (χ3v) is 5.46. The normalized spacial score (nSPS) is 11.0. The number of likely N-dealkylation sites (N-methyl/N-ethyl adjacent to an activating group) is 1. The Labute approximate surface area is 163 Å². The van der Waals surface area contributed by atoms with Gasteiger partial charge < -0.3 is 5.32 Å². The highest BCUT2D eigenvalue weighted by atomic mass is 35.5. The van der Waals surface area contributed by atoms with Crippen molar-refractivity contribution in [2.24, 2.45) is 0 Å². The molecule has 1 N–H and O–H groups in total. The minimum absolute atomic E-state index is 0.131. The molecule has 3 nitrogen and oxygen atoms in total. The zero-order valence-electron chi connectivity index (χ0n) is 14.6. The van der Waals surface area contributed by atoms with E-state index in [9.17, 15) is 4.79 Å². The fourth-order valence-corrected chi connectivity index (χ4v) is 3.80. The van der Waals surface area contributed by atoms with Crippen LogP contribution in [0.3, 0.4) is 0 Å². The van der Waals surface area contributed by atoms with Gasteiger partial charge in [0.15, 0.2) is 0 Å². The quantitative estimate of drug-likeness (QED) is 0.646. The average Bonchev–Trinajstić information content (AvgIpc) is 2.54. The second-order valence-corrected chi connectivity index (χ2v) is 7.96. The van der Waals surface area contributed by atoms with Crippen LogP contribution in [-0.2, 0) is 4.79 Å². The number of hydrogen-bond acceptors (Lipinski definition) is 3. The number of nitrogens with one attached hydrogen (secondary N) is 1. The molecule has 25 heavy (non-hydrogen) atoms. The standard InChI is InChI=1S/C19H22Cl2N2OS/c1-13-7-8-15(11-14(13)2)25-10-9-23(3)12-18(24)22-19-16(20)5-4-6-17(19)21/h4-8,11H,9-10,12H2,1-3H3,(H,22,24). The third-order valence-electron chi connectivity index (χ3n) is 3.86. The molecular formula is C19H22Cl2N2OS. The molecule has 0 radical (unpaired) electrons. The Balaban J connectivity index is 1.78. The van der Waals surface area contributed by atoms with Gasteiger partial charge >= 0.3 is 0 Å². The predicted octanol–water partition coefficient (Wildman–Crippen LogP) is 5.27. The summed E-state index contributed by atoms with van der Waals surface area (Å²) in [5, 5.41) is 3.66. The minimum Gasteiger partial charge on any atom is -0.322 e. The first-order valence-corrected chi connectivity index (χ1v) is 9.73. The maximum atomic E-state index is 12.2. The lowest BCUT2D eigenvalue weighted by atomic mass is 10.1. The van der Waals surface area contributed by atoms with Gasteiger partial charge in [0.25, 0.3) is 0 Å². The Hall–Kier alpha value is -1.20. The topological polar surface area (TPSA) is 32.3 Å². The molecule has 0 aliphatic rings. The van der Waals surface area contributed by atoms with Crippen molar-refractivity contribution in [3.8, 4) is 0 Å². The van der Waals surface area contributed by atoms with Crippen molar-refractivity contribution in [3.05, 3.63) is 57.6 Å². The van der Waals surface area contributed by atoms with E-state index in [0.717, 1.165) is 12.3 Å². The molecule has 0 bridgehead atoms. The van der Waals surface area contributed by atoms with Gasteiger partial charge in [0.05, 0.1) is 22.3 Å². The molecule has 0 fully saturated rings. The van der Waals surface area contributed by atoms with Crippen LogP contribution >= 0.6 is 35.0 Å². The number of hydrogen-bond donors (Lipinski definition) is 1. The summed E-state index contributed by atoms with van der Waals surface area (Å²) in [6, 6.07) is 11.6. The van der Waals surface area contributed by atoms with Gasteiger partial charge in [0.1, 0.15) is 0 Å². The molecule has 0 unspecified atom stereocenters. The first-order valence-electron chi connectivity index (χ1n) is 7.99. The maximum Gasteiger partial charge on any atom is 0.238 e. The summed E-state index contributed by atoms with van der Waals surface area (Å²) in [6.07, 6.45) is 0. The SMILES string of the molecule is Cc1ccc(SCCN(C)CC(=O)Nc2c(Cl)cccc2Cl)cc1C. The van der Waals surface area contributed by atoms with Crippen LogP contribution in [0, 0.1) is 13.8 Å². The number of anilines is 1. The number of carbonyl (C=O) groups excluding carboxylic acids is 1. The van der Waals surface area contributed by atoms with Gasteiger partial charge in [0, 0.05) is 17.2 Å². The molecule has 0 aromatic heterocycles. The smallest absolute Gasteiger partial charge is 0.238 e. The summed E-state index contributed by atoms with van der Waals surface area (Å²) in [6.45, 7) is 5.33. The molecule has 2 rings (SSSR count). The molecule has 2 aromatic carbocycles. The number of rotatable bonds is 7. The lowest BCUT2D eigenvalue weighted by Crippen LogP contribution is -2.31. The Kier molecular flexibility index (Phi) is 7.63. The Morgan fingerprint density at radius 1 is 1.12 bits per heavy atom. The summed E-state index contributed by atoms with van der Waals surface area (Å²) < 4.78 is 0. The van der Waals surface area contributed by atoms with Crippen LogP contribution in [0.5, 0.6) is 0 Å². The van der Waals surface area contributed by atoms with Crippen LogP contribution in [0.1, 0.15) is 11.1 Å². The molecule has 1 amide bonds. The Morgan fingerprint density at radius 3 is 2.44 bits per heavy atom. The van der Waals surface area contributed by atoms with Crippen molar-refractivity contribution in [2.75, 3.05) is 31.2 Å². The average molecular weight is 397 g/mol. The van der Waals surface area contributed by atoms with Crippen LogP contribution in [0.25, 0.3) is 0 Å². The number of nitrogens with zero attached hydrogens (tertiary/aromatic N) is 1. The summed E-state index contributed by atoms with van der Waals surface area (Å²) in [4.78, 5) is 15.4. The van der Waals surface area contributed by atoms with Crippen LogP contribution in [-0.4, -0.2) is 36.7 Å². The number of amides is 1. The maximum absolute atomic E-state index is 12.2. The van der Waals surface area contributed by atoms with Crippen molar-refractivity contribution < 1.29 is 4.79 Å². The summed E-state index contributed by atoms with van der Waals surface area (Å²) in [5.41, 5.74) is 3.07.